The highest BCUT2D eigenvalue weighted by Crippen LogP contribution is 2.70. The van der Waals surface area contributed by atoms with Crippen LogP contribution < -0.4 is 0 Å². The monoisotopic (exact) mass is 290 g/mol. The number of hydrogen-bond donors (Lipinski definition) is 0. The van der Waals surface area contributed by atoms with Crippen LogP contribution in [0.3, 0.4) is 0 Å². The maximum atomic E-state index is 12.3. The molecule has 0 amide bonds. The lowest BCUT2D eigenvalue weighted by molar-refractivity contribution is -0.251. The topological polar surface area (TPSA) is 26.3 Å². The second kappa shape index (κ2) is 4.36. The third-order valence-corrected chi connectivity index (χ3v) is 6.61. The molecule has 0 heterocycles. The molecule has 0 aliphatic heterocycles. The molecular weight excluding hydrogens is 260 g/mol. The highest BCUT2D eigenvalue weighted by molar-refractivity contribution is 5.87. The Balaban J connectivity index is 1.99. The van der Waals surface area contributed by atoms with Gasteiger partial charge in [-0.3, -0.25) is 0 Å². The molecular formula is C19H30O2. The van der Waals surface area contributed by atoms with E-state index in [0.29, 0.717) is 34.2 Å². The van der Waals surface area contributed by atoms with Gasteiger partial charge in [-0.25, -0.2) is 4.79 Å². The highest BCUT2D eigenvalue weighted by Gasteiger charge is 2.66. The summed E-state index contributed by atoms with van der Waals surface area (Å²) in [4.78, 5) is 12.3. The first kappa shape index (κ1) is 15.1. The summed E-state index contributed by atoms with van der Waals surface area (Å²) in [5, 5.41) is 0. The first-order valence-electron chi connectivity index (χ1n) is 8.49. The predicted octanol–water partition coefficient (Wildman–Crippen LogP) is 4.74. The first-order valence-corrected chi connectivity index (χ1v) is 8.49. The van der Waals surface area contributed by atoms with Gasteiger partial charge in [-0.2, -0.15) is 0 Å². The largest absolute Gasteiger partial charge is 0.455 e. The van der Waals surface area contributed by atoms with Crippen molar-refractivity contribution in [3.63, 3.8) is 0 Å². The van der Waals surface area contributed by atoms with Gasteiger partial charge >= 0.3 is 5.97 Å². The molecule has 118 valence electrons. The van der Waals surface area contributed by atoms with Crippen LogP contribution >= 0.6 is 0 Å². The molecule has 0 spiro atoms. The molecule has 0 atom stereocenters. The lowest BCUT2D eigenvalue weighted by atomic mass is 9.39. The number of carbonyl (C=O) groups is 1. The molecule has 21 heavy (non-hydrogen) atoms. The van der Waals surface area contributed by atoms with E-state index in [-0.39, 0.29) is 11.6 Å². The van der Waals surface area contributed by atoms with Crippen LogP contribution in [0.4, 0.5) is 0 Å². The Kier molecular flexibility index (Phi) is 3.14. The summed E-state index contributed by atoms with van der Waals surface area (Å²) in [6.45, 7) is 14.9. The summed E-state index contributed by atoms with van der Waals surface area (Å²) in [6.07, 6.45) is 6.25. The minimum atomic E-state index is -0.254. The third-order valence-electron chi connectivity index (χ3n) is 6.61. The Bertz CT molecular complexity index is 452. The van der Waals surface area contributed by atoms with Gasteiger partial charge in [0.05, 0.1) is 0 Å². The van der Waals surface area contributed by atoms with Crippen LogP contribution in [0.15, 0.2) is 12.2 Å². The van der Waals surface area contributed by atoms with Crippen LogP contribution in [0.5, 0.6) is 0 Å². The summed E-state index contributed by atoms with van der Waals surface area (Å²) < 4.78 is 6.19. The van der Waals surface area contributed by atoms with Gasteiger partial charge in [0.25, 0.3) is 0 Å². The Labute approximate surface area is 129 Å². The zero-order valence-corrected chi connectivity index (χ0v) is 14.3. The van der Waals surface area contributed by atoms with Gasteiger partial charge < -0.3 is 4.74 Å². The van der Waals surface area contributed by atoms with Crippen LogP contribution in [0.25, 0.3) is 0 Å². The van der Waals surface area contributed by atoms with Crippen molar-refractivity contribution in [2.45, 2.75) is 72.3 Å². The zero-order valence-electron chi connectivity index (χ0n) is 14.3. The van der Waals surface area contributed by atoms with Crippen molar-refractivity contribution in [1.29, 1.82) is 0 Å². The molecule has 4 fully saturated rings. The molecule has 4 bridgehead atoms. The number of ether oxygens (including phenoxy) is 1. The van der Waals surface area contributed by atoms with Crippen molar-refractivity contribution in [2.75, 3.05) is 0 Å². The number of hydrogen-bond acceptors (Lipinski definition) is 2. The van der Waals surface area contributed by atoms with Crippen molar-refractivity contribution in [3.05, 3.63) is 12.2 Å². The van der Waals surface area contributed by atoms with Gasteiger partial charge in [0.15, 0.2) is 0 Å². The lowest BCUT2D eigenvalue weighted by Crippen LogP contribution is -2.66. The summed E-state index contributed by atoms with van der Waals surface area (Å²) in [7, 11) is 0. The molecule has 4 saturated carbocycles. The number of rotatable bonds is 3. The van der Waals surface area contributed by atoms with Crippen LogP contribution in [-0.4, -0.2) is 11.6 Å². The van der Waals surface area contributed by atoms with Crippen molar-refractivity contribution in [3.8, 4) is 0 Å². The zero-order chi connectivity index (χ0) is 15.6. The Morgan fingerprint density at radius 2 is 1.52 bits per heavy atom. The minimum absolute atomic E-state index is 0.188. The van der Waals surface area contributed by atoms with E-state index in [4.69, 9.17) is 4.74 Å². The van der Waals surface area contributed by atoms with Gasteiger partial charge in [-0.05, 0) is 55.8 Å². The molecule has 0 aromatic heterocycles. The van der Waals surface area contributed by atoms with Crippen molar-refractivity contribution in [2.24, 2.45) is 28.6 Å². The second-order valence-corrected chi connectivity index (χ2v) is 9.19. The van der Waals surface area contributed by atoms with E-state index in [9.17, 15) is 4.79 Å². The normalized spacial score (nSPS) is 47.7. The van der Waals surface area contributed by atoms with Gasteiger partial charge in [0, 0.05) is 17.4 Å². The average Bonchev–Trinajstić information content (AvgIpc) is 2.29. The minimum Gasteiger partial charge on any atom is -0.455 e. The summed E-state index contributed by atoms with van der Waals surface area (Å²) in [6, 6.07) is 0. The van der Waals surface area contributed by atoms with Gasteiger partial charge in [0.1, 0.15) is 5.60 Å². The second-order valence-electron chi connectivity index (χ2n) is 9.19. The van der Waals surface area contributed by atoms with Crippen LogP contribution in [-0.2, 0) is 9.53 Å². The summed E-state index contributed by atoms with van der Waals surface area (Å²) in [5.74, 6) is 1.24. The SMILES string of the molecule is C=C(C)C(=O)OC1(C(C)C)C2CC3(C)CC1CC(C)(C2)C3. The lowest BCUT2D eigenvalue weighted by Gasteiger charge is -2.68. The molecule has 0 unspecified atom stereocenters. The fraction of sp³-hybridized carbons (Fsp3) is 0.842. The van der Waals surface area contributed by atoms with Crippen molar-refractivity contribution >= 4 is 5.97 Å². The molecule has 2 heteroatoms. The fourth-order valence-electron chi connectivity index (χ4n) is 6.46. The fourth-order valence-corrected chi connectivity index (χ4v) is 6.46. The molecule has 4 rings (SSSR count). The quantitative estimate of drug-likeness (QED) is 0.554. The van der Waals surface area contributed by atoms with Gasteiger partial charge in [-0.1, -0.05) is 34.3 Å². The van der Waals surface area contributed by atoms with E-state index < -0.39 is 0 Å². The van der Waals surface area contributed by atoms with E-state index >= 15 is 0 Å². The standard InChI is InChI=1S/C19H30O2/c1-12(2)16(20)21-19(13(3)4)14-7-17(5)8-15(19)10-18(6,9-14)11-17/h13-15H,1,7-11H2,2-6H3. The third kappa shape index (κ3) is 2.09. The molecule has 2 nitrogen and oxygen atoms in total. The smallest absolute Gasteiger partial charge is 0.333 e. The molecule has 0 N–H and O–H groups in total. The molecule has 0 aromatic rings. The van der Waals surface area contributed by atoms with Gasteiger partial charge in [-0.15, -0.1) is 0 Å². The van der Waals surface area contributed by atoms with Gasteiger partial charge in [0.2, 0.25) is 0 Å². The van der Waals surface area contributed by atoms with E-state index in [1.165, 1.54) is 32.1 Å². The summed E-state index contributed by atoms with van der Waals surface area (Å²) in [5.41, 5.74) is 1.21. The first-order chi connectivity index (χ1) is 9.60. The Hall–Kier alpha value is -0.790. The molecule has 0 radical (unpaired) electrons. The maximum absolute atomic E-state index is 12.3. The highest BCUT2D eigenvalue weighted by atomic mass is 16.6. The van der Waals surface area contributed by atoms with Crippen molar-refractivity contribution < 1.29 is 9.53 Å². The Morgan fingerprint density at radius 1 is 1.10 bits per heavy atom. The molecule has 4 aliphatic rings. The van der Waals surface area contributed by atoms with Crippen LogP contribution in [0.1, 0.15) is 66.7 Å². The maximum Gasteiger partial charge on any atom is 0.333 e. The van der Waals surface area contributed by atoms with Crippen molar-refractivity contribution in [1.82, 2.24) is 0 Å². The van der Waals surface area contributed by atoms with Crippen LogP contribution in [0.2, 0.25) is 0 Å². The molecule has 0 aromatic carbocycles. The summed E-state index contributed by atoms with van der Waals surface area (Å²) >= 11 is 0. The van der Waals surface area contributed by atoms with E-state index in [2.05, 4.69) is 34.3 Å². The van der Waals surface area contributed by atoms with Crippen LogP contribution in [0, 0.1) is 28.6 Å². The van der Waals surface area contributed by atoms with E-state index in [1.54, 1.807) is 6.92 Å². The number of carbonyl (C=O) groups excluding carboxylic acids is 1. The average molecular weight is 290 g/mol. The number of esters is 1. The van der Waals surface area contributed by atoms with E-state index in [1.807, 2.05) is 0 Å². The van der Waals surface area contributed by atoms with E-state index in [0.717, 1.165) is 0 Å². The Morgan fingerprint density at radius 3 is 1.86 bits per heavy atom. The molecule has 0 saturated heterocycles. The predicted molar refractivity (Wildman–Crippen MR) is 84.8 cm³/mol. The molecule has 4 aliphatic carbocycles.